The van der Waals surface area contributed by atoms with Gasteiger partial charge in [0.1, 0.15) is 5.75 Å². The normalized spacial score (nSPS) is 16.6. The minimum atomic E-state index is -0.779. The molecule has 0 bridgehead atoms. The van der Waals surface area contributed by atoms with Gasteiger partial charge in [-0.25, -0.2) is 0 Å². The fourth-order valence-electron chi connectivity index (χ4n) is 2.22. The average Bonchev–Trinajstić information content (AvgIpc) is 3.01. The number of benzene rings is 1. The minimum Gasteiger partial charge on any atom is -0.497 e. The van der Waals surface area contributed by atoms with Gasteiger partial charge < -0.3 is 9.84 Å². The molecule has 1 aliphatic carbocycles. The summed E-state index contributed by atoms with van der Waals surface area (Å²) in [5.74, 6) is -0.0439. The summed E-state index contributed by atoms with van der Waals surface area (Å²) >= 11 is 6.28. The number of carboxylic acid groups (broad SMARTS) is 1. The molecule has 0 amide bonds. The average molecular weight is 255 g/mol. The van der Waals surface area contributed by atoms with Crippen LogP contribution in [0.2, 0.25) is 5.02 Å². The van der Waals surface area contributed by atoms with E-state index in [0.29, 0.717) is 5.02 Å². The fraction of sp³-hybridized carbons (Fsp3) is 0.462. The Labute approximate surface area is 105 Å². The van der Waals surface area contributed by atoms with Crippen molar-refractivity contribution in [2.75, 3.05) is 7.11 Å². The number of rotatable bonds is 4. The van der Waals surface area contributed by atoms with Crippen LogP contribution in [0.25, 0.3) is 0 Å². The number of carboxylic acids is 1. The Morgan fingerprint density at radius 3 is 2.65 bits per heavy atom. The number of ether oxygens (including phenoxy) is 1. The van der Waals surface area contributed by atoms with Crippen molar-refractivity contribution in [3.05, 3.63) is 28.3 Å². The number of hydrogen-bond donors (Lipinski definition) is 1. The van der Waals surface area contributed by atoms with Gasteiger partial charge in [0, 0.05) is 10.4 Å². The second-order valence-corrected chi connectivity index (χ2v) is 5.03. The van der Waals surface area contributed by atoms with Crippen LogP contribution in [0.5, 0.6) is 5.75 Å². The van der Waals surface area contributed by atoms with Gasteiger partial charge in [-0.3, -0.25) is 4.79 Å². The van der Waals surface area contributed by atoms with Gasteiger partial charge in [-0.15, -0.1) is 0 Å². The van der Waals surface area contributed by atoms with Crippen LogP contribution >= 0.6 is 11.6 Å². The van der Waals surface area contributed by atoms with Gasteiger partial charge in [-0.1, -0.05) is 11.6 Å². The Balaban J connectivity index is 2.44. The number of aryl methyl sites for hydroxylation is 1. The Morgan fingerprint density at radius 1 is 1.53 bits per heavy atom. The lowest BCUT2D eigenvalue weighted by molar-refractivity contribution is -0.137. The van der Waals surface area contributed by atoms with Crippen LogP contribution in [0.4, 0.5) is 0 Å². The Bertz CT molecular complexity index is 464. The predicted molar refractivity (Wildman–Crippen MR) is 65.9 cm³/mol. The number of carbonyl (C=O) groups is 1. The molecule has 1 saturated carbocycles. The third-order valence-corrected chi connectivity index (χ3v) is 3.88. The highest BCUT2D eigenvalue weighted by Crippen LogP contribution is 2.54. The Kier molecular flexibility index (Phi) is 3.04. The topological polar surface area (TPSA) is 46.5 Å². The zero-order valence-electron chi connectivity index (χ0n) is 9.92. The molecule has 0 heterocycles. The summed E-state index contributed by atoms with van der Waals surface area (Å²) in [4.78, 5) is 10.9. The van der Waals surface area contributed by atoms with E-state index in [1.807, 2.05) is 19.1 Å². The molecule has 1 N–H and O–H groups in total. The van der Waals surface area contributed by atoms with Gasteiger partial charge in [0.2, 0.25) is 0 Å². The number of halogens is 1. The second kappa shape index (κ2) is 4.22. The van der Waals surface area contributed by atoms with Crippen LogP contribution in [0.3, 0.4) is 0 Å². The summed E-state index contributed by atoms with van der Waals surface area (Å²) in [6, 6.07) is 3.73. The highest BCUT2D eigenvalue weighted by molar-refractivity contribution is 6.32. The zero-order chi connectivity index (χ0) is 12.6. The van der Waals surface area contributed by atoms with Gasteiger partial charge in [-0.05, 0) is 43.0 Å². The largest absolute Gasteiger partial charge is 0.497 e. The Hall–Kier alpha value is -1.22. The molecule has 92 valence electrons. The number of hydrogen-bond acceptors (Lipinski definition) is 2. The molecule has 0 radical (unpaired) electrons. The van der Waals surface area contributed by atoms with Gasteiger partial charge in [0.25, 0.3) is 0 Å². The first-order valence-electron chi connectivity index (χ1n) is 5.55. The van der Waals surface area contributed by atoms with Gasteiger partial charge >= 0.3 is 5.97 Å². The first-order valence-corrected chi connectivity index (χ1v) is 5.93. The molecule has 17 heavy (non-hydrogen) atoms. The molecule has 1 aromatic carbocycles. The van der Waals surface area contributed by atoms with Crippen molar-refractivity contribution in [2.24, 2.45) is 0 Å². The molecule has 1 aromatic rings. The molecular weight excluding hydrogens is 240 g/mol. The van der Waals surface area contributed by atoms with Crippen LogP contribution in [-0.4, -0.2) is 18.2 Å². The maximum absolute atomic E-state index is 10.9. The summed E-state index contributed by atoms with van der Waals surface area (Å²) in [7, 11) is 1.60. The smallest absolute Gasteiger partial charge is 0.304 e. The summed E-state index contributed by atoms with van der Waals surface area (Å²) < 4.78 is 5.21. The summed E-state index contributed by atoms with van der Waals surface area (Å²) in [5.41, 5.74) is 1.57. The molecule has 3 nitrogen and oxygen atoms in total. The van der Waals surface area contributed by atoms with Crippen molar-refractivity contribution in [2.45, 2.75) is 31.6 Å². The molecule has 4 heteroatoms. The maximum Gasteiger partial charge on any atom is 0.304 e. The van der Waals surface area contributed by atoms with Crippen LogP contribution in [0.1, 0.15) is 30.4 Å². The van der Waals surface area contributed by atoms with E-state index in [4.69, 9.17) is 21.4 Å². The van der Waals surface area contributed by atoms with E-state index in [9.17, 15) is 4.79 Å². The molecule has 1 fully saturated rings. The van der Waals surface area contributed by atoms with Crippen LogP contribution in [-0.2, 0) is 10.2 Å². The molecule has 0 saturated heterocycles. The van der Waals surface area contributed by atoms with E-state index >= 15 is 0 Å². The maximum atomic E-state index is 10.9. The van der Waals surface area contributed by atoms with Gasteiger partial charge in [-0.2, -0.15) is 0 Å². The van der Waals surface area contributed by atoms with Crippen molar-refractivity contribution in [3.63, 3.8) is 0 Å². The van der Waals surface area contributed by atoms with Crippen molar-refractivity contribution in [1.29, 1.82) is 0 Å². The zero-order valence-corrected chi connectivity index (χ0v) is 10.7. The fourth-order valence-corrected chi connectivity index (χ4v) is 2.53. The van der Waals surface area contributed by atoms with Crippen molar-refractivity contribution < 1.29 is 14.6 Å². The molecule has 1 aliphatic rings. The van der Waals surface area contributed by atoms with E-state index in [-0.39, 0.29) is 11.8 Å². The lowest BCUT2D eigenvalue weighted by atomic mass is 9.91. The number of methoxy groups -OCH3 is 1. The molecule has 0 atom stereocenters. The number of aliphatic carboxylic acids is 1. The van der Waals surface area contributed by atoms with E-state index in [1.165, 1.54) is 0 Å². The summed E-state index contributed by atoms with van der Waals surface area (Å²) in [6.07, 6.45) is 1.90. The first-order chi connectivity index (χ1) is 7.98. The van der Waals surface area contributed by atoms with E-state index < -0.39 is 5.97 Å². The molecule has 0 spiro atoms. The molecule has 0 unspecified atom stereocenters. The lowest BCUT2D eigenvalue weighted by Crippen LogP contribution is -2.14. The SMILES string of the molecule is COc1cc(C)c(Cl)c(C2(CC(=O)O)CC2)c1. The van der Waals surface area contributed by atoms with E-state index in [0.717, 1.165) is 29.7 Å². The summed E-state index contributed by atoms with van der Waals surface area (Å²) in [5, 5.41) is 9.63. The third kappa shape index (κ3) is 2.25. The molecule has 2 rings (SSSR count). The van der Waals surface area contributed by atoms with E-state index in [1.54, 1.807) is 7.11 Å². The van der Waals surface area contributed by atoms with Crippen LogP contribution in [0.15, 0.2) is 12.1 Å². The van der Waals surface area contributed by atoms with E-state index in [2.05, 4.69) is 0 Å². The minimum absolute atomic E-state index is 0.138. The molecule has 0 aliphatic heterocycles. The van der Waals surface area contributed by atoms with Crippen LogP contribution in [0, 0.1) is 6.92 Å². The Morgan fingerprint density at radius 2 is 2.18 bits per heavy atom. The van der Waals surface area contributed by atoms with Crippen molar-refractivity contribution in [3.8, 4) is 5.75 Å². The third-order valence-electron chi connectivity index (χ3n) is 3.38. The monoisotopic (exact) mass is 254 g/mol. The highest BCUT2D eigenvalue weighted by atomic mass is 35.5. The predicted octanol–water partition coefficient (Wildman–Crippen LogP) is 3.16. The van der Waals surface area contributed by atoms with Gasteiger partial charge in [0.15, 0.2) is 0 Å². The lowest BCUT2D eigenvalue weighted by Gasteiger charge is -2.17. The van der Waals surface area contributed by atoms with Crippen molar-refractivity contribution >= 4 is 17.6 Å². The molecule has 0 aromatic heterocycles. The quantitative estimate of drug-likeness (QED) is 0.898. The molecular formula is C13H15ClO3. The van der Waals surface area contributed by atoms with Gasteiger partial charge in [0.05, 0.1) is 13.5 Å². The second-order valence-electron chi connectivity index (χ2n) is 4.66. The standard InChI is InChI=1S/C13H15ClO3/c1-8-5-9(17-2)6-10(12(8)14)13(3-4-13)7-11(15)16/h5-6H,3-4,7H2,1-2H3,(H,15,16). The van der Waals surface area contributed by atoms with Crippen molar-refractivity contribution in [1.82, 2.24) is 0 Å². The van der Waals surface area contributed by atoms with Crippen LogP contribution < -0.4 is 4.74 Å². The first kappa shape index (κ1) is 12.2. The highest BCUT2D eigenvalue weighted by Gasteiger charge is 2.47. The summed E-state index contributed by atoms with van der Waals surface area (Å²) in [6.45, 7) is 1.91.